The largest absolute Gasteiger partial charge is 0.314 e. The monoisotopic (exact) mass is 209 g/mol. The minimum Gasteiger partial charge on any atom is -0.314 e. The third-order valence-corrected chi connectivity index (χ3v) is 4.41. The van der Waals surface area contributed by atoms with E-state index in [9.17, 15) is 0 Å². The highest BCUT2D eigenvalue weighted by atomic mass is 14.9. The van der Waals surface area contributed by atoms with Crippen LogP contribution in [-0.2, 0) is 0 Å². The Morgan fingerprint density at radius 1 is 1.13 bits per heavy atom. The van der Waals surface area contributed by atoms with Crippen LogP contribution in [0.15, 0.2) is 0 Å². The first-order valence-electron chi connectivity index (χ1n) is 6.90. The van der Waals surface area contributed by atoms with Crippen LogP contribution in [0.1, 0.15) is 52.9 Å². The highest BCUT2D eigenvalue weighted by Gasteiger charge is 2.31. The summed E-state index contributed by atoms with van der Waals surface area (Å²) in [7, 11) is 0. The Balaban J connectivity index is 1.82. The minimum atomic E-state index is 0.874. The molecule has 0 aromatic carbocycles. The Hall–Kier alpha value is -0.0400. The lowest BCUT2D eigenvalue weighted by Gasteiger charge is -2.37. The first kappa shape index (κ1) is 11.4. The van der Waals surface area contributed by atoms with E-state index >= 15 is 0 Å². The van der Waals surface area contributed by atoms with Crippen molar-refractivity contribution >= 4 is 0 Å². The summed E-state index contributed by atoms with van der Waals surface area (Å²) in [5.74, 6) is 3.77. The Kier molecular flexibility index (Phi) is 3.71. The van der Waals surface area contributed by atoms with E-state index in [2.05, 4.69) is 26.1 Å². The zero-order chi connectivity index (χ0) is 10.8. The Morgan fingerprint density at radius 2 is 1.87 bits per heavy atom. The summed E-state index contributed by atoms with van der Waals surface area (Å²) in [5, 5.41) is 3.73. The maximum atomic E-state index is 3.73. The Labute approximate surface area is 95.0 Å². The van der Waals surface area contributed by atoms with Gasteiger partial charge in [0, 0.05) is 6.04 Å². The summed E-state index contributed by atoms with van der Waals surface area (Å²) in [6.07, 6.45) is 7.24. The van der Waals surface area contributed by atoms with Gasteiger partial charge >= 0.3 is 0 Å². The molecule has 88 valence electrons. The van der Waals surface area contributed by atoms with Gasteiger partial charge in [-0.05, 0) is 55.9 Å². The molecule has 0 aliphatic heterocycles. The third kappa shape index (κ3) is 3.21. The van der Waals surface area contributed by atoms with E-state index in [0.717, 1.165) is 29.7 Å². The van der Waals surface area contributed by atoms with Crippen LogP contribution in [0.4, 0.5) is 0 Å². The van der Waals surface area contributed by atoms with Gasteiger partial charge in [-0.2, -0.15) is 0 Å². The number of hydrogen-bond acceptors (Lipinski definition) is 1. The van der Waals surface area contributed by atoms with Gasteiger partial charge in [-0.15, -0.1) is 0 Å². The Bertz CT molecular complexity index is 196. The molecule has 1 nitrogen and oxygen atoms in total. The molecule has 1 N–H and O–H groups in total. The number of rotatable bonds is 4. The lowest BCUT2D eigenvalue weighted by molar-refractivity contribution is 0.140. The van der Waals surface area contributed by atoms with Crippen LogP contribution < -0.4 is 5.32 Å². The quantitative estimate of drug-likeness (QED) is 0.748. The van der Waals surface area contributed by atoms with E-state index in [4.69, 9.17) is 0 Å². The van der Waals surface area contributed by atoms with Crippen molar-refractivity contribution in [3.05, 3.63) is 0 Å². The highest BCUT2D eigenvalue weighted by molar-refractivity contribution is 4.86. The summed E-state index contributed by atoms with van der Waals surface area (Å²) in [6.45, 7) is 8.54. The third-order valence-electron chi connectivity index (χ3n) is 4.41. The van der Waals surface area contributed by atoms with Crippen molar-refractivity contribution in [2.75, 3.05) is 6.54 Å². The molecule has 0 heterocycles. The second-order valence-electron chi connectivity index (χ2n) is 6.27. The van der Waals surface area contributed by atoms with Gasteiger partial charge in [-0.25, -0.2) is 0 Å². The topological polar surface area (TPSA) is 12.0 Å². The van der Waals surface area contributed by atoms with Gasteiger partial charge in [-0.1, -0.05) is 27.2 Å². The molecule has 1 heteroatoms. The SMILES string of the molecule is CC1CCC(CNC2CC2)C(C(C)C)C1. The van der Waals surface area contributed by atoms with Crippen LogP contribution >= 0.6 is 0 Å². The van der Waals surface area contributed by atoms with Gasteiger partial charge in [0.1, 0.15) is 0 Å². The summed E-state index contributed by atoms with van der Waals surface area (Å²) in [6, 6.07) is 0.886. The summed E-state index contributed by atoms with van der Waals surface area (Å²) in [4.78, 5) is 0. The molecule has 0 amide bonds. The van der Waals surface area contributed by atoms with Crippen LogP contribution in [-0.4, -0.2) is 12.6 Å². The van der Waals surface area contributed by atoms with Crippen molar-refractivity contribution in [3.8, 4) is 0 Å². The molecule has 0 aromatic heterocycles. The van der Waals surface area contributed by atoms with Crippen molar-refractivity contribution in [1.29, 1.82) is 0 Å². The van der Waals surface area contributed by atoms with Gasteiger partial charge in [0.25, 0.3) is 0 Å². The van der Waals surface area contributed by atoms with E-state index in [1.54, 1.807) is 0 Å². The van der Waals surface area contributed by atoms with Crippen LogP contribution in [0.2, 0.25) is 0 Å². The number of hydrogen-bond donors (Lipinski definition) is 1. The van der Waals surface area contributed by atoms with Crippen LogP contribution in [0.25, 0.3) is 0 Å². The first-order chi connectivity index (χ1) is 7.16. The molecule has 2 rings (SSSR count). The average Bonchev–Trinajstić information content (AvgIpc) is 2.99. The molecule has 0 aromatic rings. The molecule has 2 aliphatic rings. The summed E-state index contributed by atoms with van der Waals surface area (Å²) < 4.78 is 0. The van der Waals surface area contributed by atoms with Crippen molar-refractivity contribution < 1.29 is 0 Å². The van der Waals surface area contributed by atoms with Crippen molar-refractivity contribution in [2.45, 2.75) is 58.9 Å². The first-order valence-corrected chi connectivity index (χ1v) is 6.90. The molecule has 2 aliphatic carbocycles. The summed E-state index contributed by atoms with van der Waals surface area (Å²) >= 11 is 0. The van der Waals surface area contributed by atoms with Crippen molar-refractivity contribution in [2.24, 2.45) is 23.7 Å². The molecule has 0 saturated heterocycles. The molecule has 15 heavy (non-hydrogen) atoms. The zero-order valence-corrected chi connectivity index (χ0v) is 10.6. The fraction of sp³-hybridized carbons (Fsp3) is 1.00. The highest BCUT2D eigenvalue weighted by Crippen LogP contribution is 2.38. The van der Waals surface area contributed by atoms with Crippen LogP contribution in [0, 0.1) is 23.7 Å². The van der Waals surface area contributed by atoms with E-state index in [-0.39, 0.29) is 0 Å². The molecular formula is C14H27N. The van der Waals surface area contributed by atoms with E-state index in [0.29, 0.717) is 0 Å². The van der Waals surface area contributed by atoms with Crippen LogP contribution in [0.5, 0.6) is 0 Å². The molecule has 2 saturated carbocycles. The zero-order valence-electron chi connectivity index (χ0n) is 10.6. The normalized spacial score (nSPS) is 37.2. The van der Waals surface area contributed by atoms with Crippen molar-refractivity contribution in [3.63, 3.8) is 0 Å². The van der Waals surface area contributed by atoms with Gasteiger partial charge in [0.2, 0.25) is 0 Å². The predicted molar refractivity (Wildman–Crippen MR) is 65.9 cm³/mol. The van der Waals surface area contributed by atoms with Gasteiger partial charge in [-0.3, -0.25) is 0 Å². The molecule has 0 spiro atoms. The maximum absolute atomic E-state index is 3.73. The second kappa shape index (κ2) is 4.86. The Morgan fingerprint density at radius 3 is 2.47 bits per heavy atom. The van der Waals surface area contributed by atoms with E-state index in [1.165, 1.54) is 38.6 Å². The van der Waals surface area contributed by atoms with Crippen molar-refractivity contribution in [1.82, 2.24) is 5.32 Å². The minimum absolute atomic E-state index is 0.874. The number of nitrogens with one attached hydrogen (secondary N) is 1. The predicted octanol–water partition coefficient (Wildman–Crippen LogP) is 3.45. The van der Waals surface area contributed by atoms with Gasteiger partial charge in [0.15, 0.2) is 0 Å². The fourth-order valence-electron chi connectivity index (χ4n) is 3.16. The maximum Gasteiger partial charge on any atom is 0.00683 e. The lowest BCUT2D eigenvalue weighted by Crippen LogP contribution is -2.35. The van der Waals surface area contributed by atoms with Crippen LogP contribution in [0.3, 0.4) is 0 Å². The fourth-order valence-corrected chi connectivity index (χ4v) is 3.16. The molecule has 3 unspecified atom stereocenters. The van der Waals surface area contributed by atoms with Gasteiger partial charge in [0.05, 0.1) is 0 Å². The summed E-state index contributed by atoms with van der Waals surface area (Å²) in [5.41, 5.74) is 0. The lowest BCUT2D eigenvalue weighted by atomic mass is 9.70. The second-order valence-corrected chi connectivity index (χ2v) is 6.27. The van der Waals surface area contributed by atoms with E-state index in [1.807, 2.05) is 0 Å². The standard InChI is InChI=1S/C14H27N/c1-10(2)14-8-11(3)4-5-12(14)9-15-13-6-7-13/h10-15H,4-9H2,1-3H3. The smallest absolute Gasteiger partial charge is 0.00683 e. The van der Waals surface area contributed by atoms with Gasteiger partial charge < -0.3 is 5.32 Å². The average molecular weight is 209 g/mol. The van der Waals surface area contributed by atoms with E-state index < -0.39 is 0 Å². The molecule has 2 fully saturated rings. The molecule has 0 radical (unpaired) electrons. The molecular weight excluding hydrogens is 182 g/mol. The molecule has 3 atom stereocenters. The molecule has 0 bridgehead atoms.